The highest BCUT2D eigenvalue weighted by Gasteiger charge is 2.41. The molecule has 0 heterocycles. The first-order valence-electron chi connectivity index (χ1n) is 10.8. The maximum Gasteiger partial charge on any atom is 0.368 e. The molecule has 0 aliphatic carbocycles. The van der Waals surface area contributed by atoms with Crippen LogP contribution in [-0.2, 0) is 43.2 Å². The highest BCUT2D eigenvalue weighted by atomic mass is 17.2. The molecular formula is C23H33NO13. The fourth-order valence-corrected chi connectivity index (χ4v) is 2.50. The molecule has 0 rings (SSSR count). The molecule has 0 bridgehead atoms. The highest BCUT2D eigenvalue weighted by Crippen LogP contribution is 2.20. The van der Waals surface area contributed by atoms with Crippen molar-refractivity contribution >= 4 is 29.8 Å². The highest BCUT2D eigenvalue weighted by molar-refractivity contribution is 5.88. The molecule has 0 saturated carbocycles. The van der Waals surface area contributed by atoms with E-state index in [0.717, 1.165) is 0 Å². The average molecular weight is 532 g/mol. The van der Waals surface area contributed by atoms with Gasteiger partial charge >= 0.3 is 29.8 Å². The van der Waals surface area contributed by atoms with Crippen LogP contribution in [0.3, 0.4) is 0 Å². The first kappa shape index (κ1) is 33.4. The molecule has 5 N–H and O–H groups in total. The summed E-state index contributed by atoms with van der Waals surface area (Å²) in [5.74, 6) is -5.79. The van der Waals surface area contributed by atoms with E-state index in [4.69, 9.17) is 14.6 Å². The Balaban J connectivity index is 6.04. The largest absolute Gasteiger partial charge is 0.481 e. The van der Waals surface area contributed by atoms with E-state index >= 15 is 0 Å². The van der Waals surface area contributed by atoms with Gasteiger partial charge in [0.1, 0.15) is 18.8 Å². The lowest BCUT2D eigenvalue weighted by atomic mass is 9.97. The second kappa shape index (κ2) is 16.2. The Labute approximate surface area is 213 Å². The summed E-state index contributed by atoms with van der Waals surface area (Å²) in [6.45, 7) is 12.9. The topological polar surface area (TPSA) is 215 Å². The third-order valence-electron chi connectivity index (χ3n) is 4.49. The fraction of sp³-hybridized carbons (Fsp3) is 0.522. The number of carboxylic acids is 2. The molecule has 5 unspecified atom stereocenters. The van der Waals surface area contributed by atoms with Crippen LogP contribution in [-0.4, -0.2) is 93.9 Å². The first-order chi connectivity index (χ1) is 17.1. The number of carbonyl (C=O) groups excluding carboxylic acids is 3. The number of aliphatic carboxylic acids is 2. The van der Waals surface area contributed by atoms with Gasteiger partial charge in [-0.2, -0.15) is 4.89 Å². The van der Waals surface area contributed by atoms with Crippen molar-refractivity contribution in [3.8, 4) is 0 Å². The molecular weight excluding hydrogens is 498 g/mol. The van der Waals surface area contributed by atoms with E-state index in [1.54, 1.807) is 0 Å². The van der Waals surface area contributed by atoms with E-state index < -0.39 is 79.8 Å². The van der Waals surface area contributed by atoms with Gasteiger partial charge in [-0.05, 0) is 20.8 Å². The van der Waals surface area contributed by atoms with Crippen LogP contribution in [0.4, 0.5) is 0 Å². The Bertz CT molecular complexity index is 897. The van der Waals surface area contributed by atoms with Crippen LogP contribution in [0.15, 0.2) is 36.5 Å². The van der Waals surface area contributed by atoms with Crippen LogP contribution in [0.25, 0.3) is 0 Å². The maximum atomic E-state index is 12.3. The molecule has 14 nitrogen and oxygen atoms in total. The van der Waals surface area contributed by atoms with E-state index in [9.17, 15) is 39.3 Å². The number of carboxylic acid groups (broad SMARTS) is 2. The maximum absolute atomic E-state index is 12.3. The first-order valence-corrected chi connectivity index (χ1v) is 10.8. The third-order valence-corrected chi connectivity index (χ3v) is 4.49. The standard InChI is InChI=1S/C23H33NO13/c1-11(2)21(31)35-18(15(25)9-14(20(29)30)24-8-7-17(27)28)19(36-22(32)12(3)4)16(26)10-34-37-23(33)13(5)6/h14-16,18-19,24-26H,1,3,5,7-10H2,2,4,6H3,(H,27,28)(H,29,30). The molecule has 0 radical (unpaired) electrons. The van der Waals surface area contributed by atoms with Crippen LogP contribution >= 0.6 is 0 Å². The summed E-state index contributed by atoms with van der Waals surface area (Å²) in [6.07, 6.45) is -8.64. The minimum atomic E-state index is -1.89. The van der Waals surface area contributed by atoms with Crippen molar-refractivity contribution in [3.05, 3.63) is 36.5 Å². The molecule has 0 spiro atoms. The van der Waals surface area contributed by atoms with Crippen molar-refractivity contribution in [2.24, 2.45) is 0 Å². The smallest absolute Gasteiger partial charge is 0.368 e. The van der Waals surface area contributed by atoms with Gasteiger partial charge in [0.05, 0.1) is 12.5 Å². The summed E-state index contributed by atoms with van der Waals surface area (Å²) in [5, 5.41) is 42.1. The number of carbonyl (C=O) groups is 5. The molecule has 0 amide bonds. The van der Waals surface area contributed by atoms with Gasteiger partial charge in [-0.3, -0.25) is 14.5 Å². The molecule has 0 aromatic rings. The molecule has 208 valence electrons. The Morgan fingerprint density at radius 1 is 0.784 bits per heavy atom. The zero-order valence-electron chi connectivity index (χ0n) is 20.8. The minimum absolute atomic E-state index is 0.0291. The Morgan fingerprint density at radius 2 is 1.24 bits per heavy atom. The molecule has 0 aliphatic rings. The molecule has 14 heteroatoms. The number of rotatable bonds is 18. The van der Waals surface area contributed by atoms with Crippen molar-refractivity contribution in [1.29, 1.82) is 0 Å². The van der Waals surface area contributed by atoms with Crippen LogP contribution in [0.1, 0.15) is 33.6 Å². The SMILES string of the molecule is C=C(C)C(=O)OOCC(O)C(OC(=O)C(=C)C)C(OC(=O)C(=C)C)C(O)CC(NCCC(=O)O)C(=O)O. The van der Waals surface area contributed by atoms with Gasteiger partial charge in [-0.15, -0.1) is 0 Å². The molecule has 37 heavy (non-hydrogen) atoms. The number of hydrogen-bond acceptors (Lipinski definition) is 12. The average Bonchev–Trinajstić information content (AvgIpc) is 2.79. The normalized spacial score (nSPS) is 14.7. The summed E-state index contributed by atoms with van der Waals surface area (Å²) < 4.78 is 10.3. The molecule has 5 atom stereocenters. The quantitative estimate of drug-likeness (QED) is 0.0661. The predicted molar refractivity (Wildman–Crippen MR) is 125 cm³/mol. The van der Waals surface area contributed by atoms with E-state index in [1.165, 1.54) is 20.8 Å². The van der Waals surface area contributed by atoms with Crippen molar-refractivity contribution in [1.82, 2.24) is 5.32 Å². The van der Waals surface area contributed by atoms with Gasteiger partial charge in [0.2, 0.25) is 0 Å². The lowest BCUT2D eigenvalue weighted by Crippen LogP contribution is -2.53. The van der Waals surface area contributed by atoms with Crippen molar-refractivity contribution < 1.29 is 63.6 Å². The lowest BCUT2D eigenvalue weighted by molar-refractivity contribution is -0.285. The van der Waals surface area contributed by atoms with Crippen molar-refractivity contribution in [2.75, 3.05) is 13.2 Å². The van der Waals surface area contributed by atoms with Crippen LogP contribution in [0.5, 0.6) is 0 Å². The van der Waals surface area contributed by atoms with Gasteiger partial charge in [-0.25, -0.2) is 14.4 Å². The lowest BCUT2D eigenvalue weighted by Gasteiger charge is -2.33. The Kier molecular flexibility index (Phi) is 14.6. The molecule has 0 fully saturated rings. The summed E-state index contributed by atoms with van der Waals surface area (Å²) in [6, 6.07) is -1.53. The van der Waals surface area contributed by atoms with Crippen LogP contribution in [0, 0.1) is 0 Å². The van der Waals surface area contributed by atoms with Gasteiger partial charge in [0.25, 0.3) is 0 Å². The summed E-state index contributed by atoms with van der Waals surface area (Å²) >= 11 is 0. The summed E-state index contributed by atoms with van der Waals surface area (Å²) in [7, 11) is 0. The Morgan fingerprint density at radius 3 is 1.65 bits per heavy atom. The number of hydrogen-bond donors (Lipinski definition) is 5. The third kappa shape index (κ3) is 12.8. The number of esters is 2. The zero-order chi connectivity index (χ0) is 28.9. The monoisotopic (exact) mass is 531 g/mol. The van der Waals surface area contributed by atoms with Crippen LogP contribution in [0.2, 0.25) is 0 Å². The number of ether oxygens (including phenoxy) is 2. The van der Waals surface area contributed by atoms with Crippen LogP contribution < -0.4 is 5.32 Å². The molecule has 0 aromatic heterocycles. The Hall–Kier alpha value is -3.59. The van der Waals surface area contributed by atoms with E-state index in [-0.39, 0.29) is 23.3 Å². The van der Waals surface area contributed by atoms with Gasteiger partial charge in [0.15, 0.2) is 12.2 Å². The molecule has 0 aromatic carbocycles. The van der Waals surface area contributed by atoms with Crippen molar-refractivity contribution in [3.63, 3.8) is 0 Å². The predicted octanol–water partition coefficient (Wildman–Crippen LogP) is -0.357. The van der Waals surface area contributed by atoms with Gasteiger partial charge in [-0.1, -0.05) is 19.7 Å². The van der Waals surface area contributed by atoms with E-state index in [1.807, 2.05) is 0 Å². The second-order valence-corrected chi connectivity index (χ2v) is 8.10. The van der Waals surface area contributed by atoms with Crippen molar-refractivity contribution in [2.45, 2.75) is 64.1 Å². The van der Waals surface area contributed by atoms with E-state index in [2.05, 4.69) is 34.8 Å². The minimum Gasteiger partial charge on any atom is -0.481 e. The van der Waals surface area contributed by atoms with Gasteiger partial charge in [0, 0.05) is 29.7 Å². The van der Waals surface area contributed by atoms with E-state index in [0.29, 0.717) is 0 Å². The number of aliphatic hydroxyl groups is 2. The van der Waals surface area contributed by atoms with Gasteiger partial charge < -0.3 is 35.2 Å². The number of nitrogens with one attached hydrogen (secondary N) is 1. The molecule has 0 aliphatic heterocycles. The second-order valence-electron chi connectivity index (χ2n) is 8.10. The summed E-state index contributed by atoms with van der Waals surface area (Å²) in [4.78, 5) is 67.4. The zero-order valence-corrected chi connectivity index (χ0v) is 20.8. The molecule has 0 saturated heterocycles. The fourth-order valence-electron chi connectivity index (χ4n) is 2.50. The summed E-state index contributed by atoms with van der Waals surface area (Å²) in [5.41, 5.74) is -0.304. The number of aliphatic hydroxyl groups excluding tert-OH is 2.